The van der Waals surface area contributed by atoms with E-state index in [1.165, 1.54) is 5.56 Å². The summed E-state index contributed by atoms with van der Waals surface area (Å²) >= 11 is 0. The lowest BCUT2D eigenvalue weighted by molar-refractivity contribution is -0.140. The van der Waals surface area contributed by atoms with Crippen LogP contribution in [0.2, 0.25) is 0 Å². The van der Waals surface area contributed by atoms with Gasteiger partial charge in [-0.25, -0.2) is 0 Å². The minimum Gasteiger partial charge on any atom is -0.381 e. The van der Waals surface area contributed by atoms with E-state index in [1.54, 1.807) is 0 Å². The van der Waals surface area contributed by atoms with E-state index in [4.69, 9.17) is 9.47 Å². The van der Waals surface area contributed by atoms with Gasteiger partial charge in [-0.05, 0) is 37.2 Å². The van der Waals surface area contributed by atoms with Crippen molar-refractivity contribution in [2.24, 2.45) is 11.8 Å². The van der Waals surface area contributed by atoms with Crippen LogP contribution in [0, 0.1) is 11.8 Å². The van der Waals surface area contributed by atoms with Crippen LogP contribution in [0.4, 0.5) is 0 Å². The van der Waals surface area contributed by atoms with Crippen LogP contribution in [0.1, 0.15) is 31.2 Å². The molecule has 2 aliphatic heterocycles. The maximum Gasteiger partial charge on any atom is 0.226 e. The maximum absolute atomic E-state index is 13.0. The van der Waals surface area contributed by atoms with Gasteiger partial charge in [-0.15, -0.1) is 0 Å². The molecule has 0 bridgehead atoms. The molecule has 2 heterocycles. The highest BCUT2D eigenvalue weighted by Crippen LogP contribution is 2.23. The predicted octanol–water partition coefficient (Wildman–Crippen LogP) is 2.87. The van der Waals surface area contributed by atoms with Gasteiger partial charge >= 0.3 is 0 Å². The van der Waals surface area contributed by atoms with E-state index in [0.717, 1.165) is 45.4 Å². The molecule has 2 fully saturated rings. The molecule has 23 heavy (non-hydrogen) atoms. The van der Waals surface area contributed by atoms with Crippen LogP contribution >= 0.6 is 0 Å². The zero-order valence-corrected chi connectivity index (χ0v) is 13.8. The molecule has 2 aliphatic rings. The molecule has 3 rings (SSSR count). The van der Waals surface area contributed by atoms with Gasteiger partial charge in [0, 0.05) is 45.4 Å². The van der Waals surface area contributed by atoms with E-state index < -0.39 is 0 Å². The Morgan fingerprint density at radius 3 is 2.22 bits per heavy atom. The third-order valence-electron chi connectivity index (χ3n) is 4.92. The summed E-state index contributed by atoms with van der Waals surface area (Å²) in [7, 11) is 0. The number of benzene rings is 1. The molecule has 0 unspecified atom stereocenters. The van der Waals surface area contributed by atoms with Gasteiger partial charge in [-0.1, -0.05) is 30.3 Å². The van der Waals surface area contributed by atoms with Gasteiger partial charge in [0.15, 0.2) is 0 Å². The van der Waals surface area contributed by atoms with Gasteiger partial charge < -0.3 is 14.4 Å². The quantitative estimate of drug-likeness (QED) is 0.838. The van der Waals surface area contributed by atoms with Crippen LogP contribution in [0.5, 0.6) is 0 Å². The van der Waals surface area contributed by atoms with Crippen molar-refractivity contribution < 1.29 is 14.3 Å². The summed E-state index contributed by atoms with van der Waals surface area (Å²) < 4.78 is 10.9. The molecule has 0 radical (unpaired) electrons. The summed E-state index contributed by atoms with van der Waals surface area (Å²) in [5, 5.41) is 0. The summed E-state index contributed by atoms with van der Waals surface area (Å²) in [5.74, 6) is 1.01. The molecular weight excluding hydrogens is 290 g/mol. The first-order valence-electron chi connectivity index (χ1n) is 8.81. The van der Waals surface area contributed by atoms with Crippen LogP contribution in [0.25, 0.3) is 0 Å². The standard InChI is InChI=1S/C19H27NO3/c21-19(18-8-12-23-13-9-18)20(14-16-4-2-1-3-5-16)15-17-6-10-22-11-7-17/h1-5,17-18H,6-15H2. The lowest BCUT2D eigenvalue weighted by atomic mass is 9.95. The molecule has 1 aromatic carbocycles. The van der Waals surface area contributed by atoms with Crippen LogP contribution in [0.3, 0.4) is 0 Å². The first kappa shape index (κ1) is 16.5. The number of hydrogen-bond donors (Lipinski definition) is 0. The lowest BCUT2D eigenvalue weighted by Gasteiger charge is -2.33. The summed E-state index contributed by atoms with van der Waals surface area (Å²) in [6.07, 6.45) is 3.84. The van der Waals surface area contributed by atoms with Crippen molar-refractivity contribution in [3.63, 3.8) is 0 Å². The Bertz CT molecular complexity index is 479. The number of carbonyl (C=O) groups is 1. The molecule has 0 N–H and O–H groups in total. The molecule has 0 aromatic heterocycles. The van der Waals surface area contributed by atoms with Crippen LogP contribution in [-0.4, -0.2) is 43.8 Å². The fourth-order valence-electron chi connectivity index (χ4n) is 3.48. The molecule has 0 spiro atoms. The van der Waals surface area contributed by atoms with Crippen molar-refractivity contribution in [2.75, 3.05) is 33.0 Å². The normalized spacial score (nSPS) is 20.3. The van der Waals surface area contributed by atoms with E-state index in [-0.39, 0.29) is 5.92 Å². The minimum absolute atomic E-state index is 0.132. The number of amides is 1. The second kappa shape index (κ2) is 8.46. The summed E-state index contributed by atoms with van der Waals surface area (Å²) in [4.78, 5) is 15.1. The first-order chi connectivity index (χ1) is 11.3. The van der Waals surface area contributed by atoms with E-state index >= 15 is 0 Å². The summed E-state index contributed by atoms with van der Waals surface area (Å²) in [6.45, 7) is 4.66. The van der Waals surface area contributed by atoms with E-state index in [9.17, 15) is 4.79 Å². The van der Waals surface area contributed by atoms with Crippen molar-refractivity contribution >= 4 is 5.91 Å². The molecule has 126 valence electrons. The SMILES string of the molecule is O=C(C1CCOCC1)N(Cc1ccccc1)CC1CCOCC1. The third kappa shape index (κ3) is 4.79. The van der Waals surface area contributed by atoms with Crippen molar-refractivity contribution in [1.82, 2.24) is 4.90 Å². The highest BCUT2D eigenvalue weighted by Gasteiger charge is 2.28. The van der Waals surface area contributed by atoms with Crippen molar-refractivity contribution in [2.45, 2.75) is 32.2 Å². The topological polar surface area (TPSA) is 38.8 Å². The van der Waals surface area contributed by atoms with Crippen molar-refractivity contribution in [3.05, 3.63) is 35.9 Å². The smallest absolute Gasteiger partial charge is 0.226 e. The highest BCUT2D eigenvalue weighted by molar-refractivity contribution is 5.79. The molecule has 0 saturated carbocycles. The van der Waals surface area contributed by atoms with Gasteiger partial charge in [0.05, 0.1) is 0 Å². The van der Waals surface area contributed by atoms with Gasteiger partial charge in [-0.3, -0.25) is 4.79 Å². The largest absolute Gasteiger partial charge is 0.381 e. The maximum atomic E-state index is 13.0. The number of nitrogens with zero attached hydrogens (tertiary/aromatic N) is 1. The van der Waals surface area contributed by atoms with Gasteiger partial charge in [-0.2, -0.15) is 0 Å². The zero-order chi connectivity index (χ0) is 15.9. The Morgan fingerprint density at radius 2 is 1.57 bits per heavy atom. The number of rotatable bonds is 5. The van der Waals surface area contributed by atoms with Crippen LogP contribution in [-0.2, 0) is 20.8 Å². The highest BCUT2D eigenvalue weighted by atomic mass is 16.5. The third-order valence-corrected chi connectivity index (χ3v) is 4.92. The van der Waals surface area contributed by atoms with Gasteiger partial charge in [0.1, 0.15) is 0 Å². The van der Waals surface area contributed by atoms with E-state index in [1.807, 2.05) is 18.2 Å². The Morgan fingerprint density at radius 1 is 0.957 bits per heavy atom. The van der Waals surface area contributed by atoms with E-state index in [2.05, 4.69) is 17.0 Å². The van der Waals surface area contributed by atoms with Crippen LogP contribution < -0.4 is 0 Å². The Kier molecular flexibility index (Phi) is 6.06. The van der Waals surface area contributed by atoms with Gasteiger partial charge in [0.25, 0.3) is 0 Å². The Labute approximate surface area is 138 Å². The Balaban J connectivity index is 1.67. The lowest BCUT2D eigenvalue weighted by Crippen LogP contribution is -2.41. The number of hydrogen-bond acceptors (Lipinski definition) is 3. The first-order valence-corrected chi connectivity index (χ1v) is 8.81. The Hall–Kier alpha value is -1.39. The van der Waals surface area contributed by atoms with E-state index in [0.29, 0.717) is 31.6 Å². The molecule has 4 heteroatoms. The molecule has 1 aromatic rings. The molecule has 4 nitrogen and oxygen atoms in total. The number of ether oxygens (including phenoxy) is 2. The second-order valence-electron chi connectivity index (χ2n) is 6.65. The zero-order valence-electron chi connectivity index (χ0n) is 13.8. The molecular formula is C19H27NO3. The van der Waals surface area contributed by atoms with Gasteiger partial charge in [0.2, 0.25) is 5.91 Å². The molecule has 0 aliphatic carbocycles. The fourth-order valence-corrected chi connectivity index (χ4v) is 3.48. The van der Waals surface area contributed by atoms with Crippen molar-refractivity contribution in [3.8, 4) is 0 Å². The second-order valence-corrected chi connectivity index (χ2v) is 6.65. The minimum atomic E-state index is 0.132. The average molecular weight is 317 g/mol. The monoisotopic (exact) mass is 317 g/mol. The summed E-state index contributed by atoms with van der Waals surface area (Å²) in [6, 6.07) is 10.3. The molecule has 2 saturated heterocycles. The fraction of sp³-hybridized carbons (Fsp3) is 0.632. The molecule has 0 atom stereocenters. The average Bonchev–Trinajstić information content (AvgIpc) is 2.63. The van der Waals surface area contributed by atoms with Crippen molar-refractivity contribution in [1.29, 1.82) is 0 Å². The van der Waals surface area contributed by atoms with Crippen LogP contribution in [0.15, 0.2) is 30.3 Å². The number of carbonyl (C=O) groups excluding carboxylic acids is 1. The summed E-state index contributed by atoms with van der Waals surface area (Å²) in [5.41, 5.74) is 1.21. The predicted molar refractivity (Wildman–Crippen MR) is 88.9 cm³/mol. The molecule has 1 amide bonds.